The summed E-state index contributed by atoms with van der Waals surface area (Å²) >= 11 is 0. The Bertz CT molecular complexity index is 728. The van der Waals surface area contributed by atoms with Crippen LogP contribution in [0.25, 0.3) is 11.1 Å². The van der Waals surface area contributed by atoms with Gasteiger partial charge in [-0.1, -0.05) is 63.3 Å². The van der Waals surface area contributed by atoms with Crippen molar-refractivity contribution in [1.29, 1.82) is 0 Å². The molecular weight excluding hydrogens is 351 g/mol. The van der Waals surface area contributed by atoms with E-state index in [1.165, 1.54) is 57.1 Å². The van der Waals surface area contributed by atoms with Crippen LogP contribution in [0, 0.1) is 11.7 Å². The molecule has 1 saturated carbocycles. The number of hydrogen-bond donors (Lipinski definition) is 0. The van der Waals surface area contributed by atoms with Gasteiger partial charge in [-0.2, -0.15) is 0 Å². The van der Waals surface area contributed by atoms with Gasteiger partial charge in [-0.25, -0.2) is 9.18 Å². The fraction of sp³-hybridized carbons (Fsp3) is 0.480. The molecule has 2 nitrogen and oxygen atoms in total. The van der Waals surface area contributed by atoms with Crippen LogP contribution in [-0.2, 0) is 4.74 Å². The Morgan fingerprint density at radius 3 is 2.11 bits per heavy atom. The van der Waals surface area contributed by atoms with Gasteiger partial charge in [-0.3, -0.25) is 0 Å². The van der Waals surface area contributed by atoms with E-state index < -0.39 is 0 Å². The molecule has 0 amide bonds. The molecule has 0 bridgehead atoms. The number of halogens is 1. The smallest absolute Gasteiger partial charge is 0.338 e. The van der Waals surface area contributed by atoms with Crippen LogP contribution in [0.3, 0.4) is 0 Å². The molecule has 28 heavy (non-hydrogen) atoms. The third-order valence-electron chi connectivity index (χ3n) is 5.83. The predicted octanol–water partition coefficient (Wildman–Crippen LogP) is 7.18. The number of esters is 1. The van der Waals surface area contributed by atoms with Crippen molar-refractivity contribution < 1.29 is 13.9 Å². The molecule has 1 aliphatic carbocycles. The summed E-state index contributed by atoms with van der Waals surface area (Å²) in [5, 5.41) is 0. The van der Waals surface area contributed by atoms with Crippen LogP contribution < -0.4 is 0 Å². The molecule has 150 valence electrons. The van der Waals surface area contributed by atoms with Crippen LogP contribution >= 0.6 is 0 Å². The fourth-order valence-electron chi connectivity index (χ4n) is 4.06. The highest BCUT2D eigenvalue weighted by Gasteiger charge is 2.24. The van der Waals surface area contributed by atoms with E-state index in [1.807, 2.05) is 12.1 Å². The Morgan fingerprint density at radius 2 is 1.50 bits per heavy atom. The molecule has 0 unspecified atom stereocenters. The average molecular weight is 383 g/mol. The zero-order valence-electron chi connectivity index (χ0n) is 16.8. The molecule has 0 atom stereocenters. The molecule has 0 aliphatic heterocycles. The van der Waals surface area contributed by atoms with Gasteiger partial charge in [0.25, 0.3) is 0 Å². The Labute approximate surface area is 168 Å². The molecule has 3 rings (SSSR count). The minimum absolute atomic E-state index is 0.0520. The van der Waals surface area contributed by atoms with Gasteiger partial charge in [-0.15, -0.1) is 0 Å². The Hall–Kier alpha value is -2.16. The van der Waals surface area contributed by atoms with E-state index in [9.17, 15) is 9.18 Å². The maximum atomic E-state index is 13.1. The van der Waals surface area contributed by atoms with E-state index in [0.29, 0.717) is 5.56 Å². The Kier molecular flexibility index (Phi) is 7.64. The van der Waals surface area contributed by atoms with Crippen LogP contribution in [0.1, 0.15) is 75.1 Å². The monoisotopic (exact) mass is 382 g/mol. The van der Waals surface area contributed by atoms with Gasteiger partial charge in [-0.05, 0) is 67.0 Å². The molecule has 2 aromatic rings. The number of benzene rings is 2. The van der Waals surface area contributed by atoms with Gasteiger partial charge in [0.1, 0.15) is 11.9 Å². The van der Waals surface area contributed by atoms with E-state index in [2.05, 4.69) is 6.92 Å². The molecule has 0 N–H and O–H groups in total. The SMILES string of the molecule is CCCCCC[C@H]1CC[C@H](OC(=O)c2ccc(-c3ccc(F)cc3)cc2)CC1. The molecule has 3 heteroatoms. The van der Waals surface area contributed by atoms with Crippen molar-refractivity contribution in [1.82, 2.24) is 0 Å². The summed E-state index contributed by atoms with van der Waals surface area (Å²) < 4.78 is 18.8. The summed E-state index contributed by atoms with van der Waals surface area (Å²) in [6.45, 7) is 2.25. The first-order valence-electron chi connectivity index (χ1n) is 10.7. The maximum absolute atomic E-state index is 13.1. The van der Waals surface area contributed by atoms with Gasteiger partial charge in [0, 0.05) is 0 Å². The van der Waals surface area contributed by atoms with E-state index >= 15 is 0 Å². The molecule has 1 fully saturated rings. The first kappa shape index (κ1) is 20.6. The fourth-order valence-corrected chi connectivity index (χ4v) is 4.06. The third kappa shape index (κ3) is 5.92. The first-order chi connectivity index (χ1) is 13.7. The van der Waals surface area contributed by atoms with Gasteiger partial charge in [0.15, 0.2) is 0 Å². The van der Waals surface area contributed by atoms with Gasteiger partial charge in [0.05, 0.1) is 5.56 Å². The average Bonchev–Trinajstić information content (AvgIpc) is 2.73. The summed E-state index contributed by atoms with van der Waals surface area (Å²) in [6, 6.07) is 13.7. The zero-order chi connectivity index (χ0) is 19.8. The molecular formula is C25H31FO2. The number of unbranched alkanes of at least 4 members (excludes halogenated alkanes) is 3. The minimum Gasteiger partial charge on any atom is -0.459 e. The summed E-state index contributed by atoms with van der Waals surface area (Å²) in [4.78, 5) is 12.5. The lowest BCUT2D eigenvalue weighted by molar-refractivity contribution is 0.0161. The van der Waals surface area contributed by atoms with Crippen molar-refractivity contribution in [2.45, 2.75) is 70.8 Å². The normalized spacial score (nSPS) is 19.4. The quantitative estimate of drug-likeness (QED) is 0.357. The second kappa shape index (κ2) is 10.4. The van der Waals surface area contributed by atoms with Crippen molar-refractivity contribution in [3.05, 3.63) is 59.9 Å². The summed E-state index contributed by atoms with van der Waals surface area (Å²) in [6.07, 6.45) is 11.0. The highest BCUT2D eigenvalue weighted by molar-refractivity contribution is 5.90. The zero-order valence-corrected chi connectivity index (χ0v) is 16.8. The Balaban J connectivity index is 1.45. The van der Waals surface area contributed by atoms with Crippen LogP contribution in [0.15, 0.2) is 48.5 Å². The van der Waals surface area contributed by atoms with Crippen molar-refractivity contribution >= 4 is 5.97 Å². The standard InChI is InChI=1S/C25H31FO2/c1-2-3-4-5-6-19-7-17-24(18-8-19)28-25(27)22-11-9-20(10-12-22)21-13-15-23(26)16-14-21/h9-16,19,24H,2-8,17-18H2,1H3/t19-,24-. The highest BCUT2D eigenvalue weighted by Crippen LogP contribution is 2.30. The molecule has 2 aromatic carbocycles. The second-order valence-corrected chi connectivity index (χ2v) is 7.98. The lowest BCUT2D eigenvalue weighted by atomic mass is 9.84. The number of carbonyl (C=O) groups excluding carboxylic acids is 1. The van der Waals surface area contributed by atoms with Gasteiger partial charge < -0.3 is 4.74 Å². The van der Waals surface area contributed by atoms with Gasteiger partial charge in [0.2, 0.25) is 0 Å². The van der Waals surface area contributed by atoms with Gasteiger partial charge >= 0.3 is 5.97 Å². The van der Waals surface area contributed by atoms with E-state index in [-0.39, 0.29) is 17.9 Å². The van der Waals surface area contributed by atoms with Crippen LogP contribution in [0.2, 0.25) is 0 Å². The largest absolute Gasteiger partial charge is 0.459 e. The van der Waals surface area contributed by atoms with Crippen molar-refractivity contribution in [3.63, 3.8) is 0 Å². The van der Waals surface area contributed by atoms with E-state index in [0.717, 1.165) is 29.9 Å². The van der Waals surface area contributed by atoms with Crippen LogP contribution in [0.5, 0.6) is 0 Å². The number of ether oxygens (including phenoxy) is 1. The lowest BCUT2D eigenvalue weighted by Crippen LogP contribution is -2.24. The summed E-state index contributed by atoms with van der Waals surface area (Å²) in [7, 11) is 0. The molecule has 0 saturated heterocycles. The van der Waals surface area contributed by atoms with Crippen molar-refractivity contribution in [2.75, 3.05) is 0 Å². The molecule has 0 aromatic heterocycles. The van der Waals surface area contributed by atoms with E-state index in [1.54, 1.807) is 24.3 Å². The number of rotatable bonds is 8. The summed E-state index contributed by atoms with van der Waals surface area (Å²) in [5.74, 6) is 0.318. The van der Waals surface area contributed by atoms with Crippen LogP contribution in [0.4, 0.5) is 4.39 Å². The maximum Gasteiger partial charge on any atom is 0.338 e. The van der Waals surface area contributed by atoms with Crippen molar-refractivity contribution in [3.8, 4) is 11.1 Å². The van der Waals surface area contributed by atoms with Crippen molar-refractivity contribution in [2.24, 2.45) is 5.92 Å². The third-order valence-corrected chi connectivity index (χ3v) is 5.83. The highest BCUT2D eigenvalue weighted by atomic mass is 19.1. The minimum atomic E-state index is -0.250. The molecule has 0 heterocycles. The lowest BCUT2D eigenvalue weighted by Gasteiger charge is -2.28. The number of carbonyl (C=O) groups is 1. The molecule has 0 radical (unpaired) electrons. The first-order valence-corrected chi connectivity index (χ1v) is 10.7. The second-order valence-electron chi connectivity index (χ2n) is 7.98. The molecule has 1 aliphatic rings. The summed E-state index contributed by atoms with van der Waals surface area (Å²) in [5.41, 5.74) is 2.46. The molecule has 0 spiro atoms. The topological polar surface area (TPSA) is 26.3 Å². The van der Waals surface area contributed by atoms with Crippen LogP contribution in [-0.4, -0.2) is 12.1 Å². The Morgan fingerprint density at radius 1 is 0.893 bits per heavy atom. The van der Waals surface area contributed by atoms with E-state index in [4.69, 9.17) is 4.74 Å². The predicted molar refractivity (Wildman–Crippen MR) is 112 cm³/mol. The number of hydrogen-bond acceptors (Lipinski definition) is 2.